The maximum absolute atomic E-state index is 12.3. The summed E-state index contributed by atoms with van der Waals surface area (Å²) in [7, 11) is 0. The molecule has 2 heterocycles. The molecule has 1 aliphatic carbocycles. The van der Waals surface area contributed by atoms with Crippen LogP contribution in [0.4, 0.5) is 5.69 Å². The van der Waals surface area contributed by atoms with E-state index >= 15 is 0 Å². The van der Waals surface area contributed by atoms with E-state index in [0.717, 1.165) is 61.5 Å². The summed E-state index contributed by atoms with van der Waals surface area (Å²) in [6.07, 6.45) is 11.4. The zero-order valence-electron chi connectivity index (χ0n) is 14.7. The summed E-state index contributed by atoms with van der Waals surface area (Å²) < 4.78 is 2.17. The first-order valence-corrected chi connectivity index (χ1v) is 9.77. The van der Waals surface area contributed by atoms with Gasteiger partial charge in [0.15, 0.2) is 5.82 Å². The molecule has 1 aromatic heterocycles. The van der Waals surface area contributed by atoms with E-state index in [2.05, 4.69) is 32.2 Å². The van der Waals surface area contributed by atoms with Crippen molar-refractivity contribution in [2.75, 3.05) is 5.32 Å². The van der Waals surface area contributed by atoms with Crippen molar-refractivity contribution in [1.29, 1.82) is 0 Å². The molecule has 1 amide bonds. The van der Waals surface area contributed by atoms with Gasteiger partial charge in [0.05, 0.1) is 5.02 Å². The van der Waals surface area contributed by atoms with Crippen LogP contribution in [0.25, 0.3) is 11.4 Å². The Labute approximate surface area is 158 Å². The van der Waals surface area contributed by atoms with Crippen LogP contribution in [0, 0.1) is 5.92 Å². The summed E-state index contributed by atoms with van der Waals surface area (Å²) >= 11 is 6.44. The fraction of sp³-hybridized carbons (Fsp3) is 0.450. The Kier molecular flexibility index (Phi) is 5.07. The van der Waals surface area contributed by atoms with E-state index in [4.69, 9.17) is 11.6 Å². The third kappa shape index (κ3) is 3.68. The number of carbonyl (C=O) groups is 1. The van der Waals surface area contributed by atoms with Gasteiger partial charge in [-0.2, -0.15) is 0 Å². The van der Waals surface area contributed by atoms with Crippen molar-refractivity contribution in [3.05, 3.63) is 41.2 Å². The molecule has 0 bridgehead atoms. The summed E-state index contributed by atoms with van der Waals surface area (Å²) in [5, 5.41) is 12.4. The van der Waals surface area contributed by atoms with Gasteiger partial charge in [-0.3, -0.25) is 4.79 Å². The molecule has 26 heavy (non-hydrogen) atoms. The van der Waals surface area contributed by atoms with Gasteiger partial charge in [-0.25, -0.2) is 0 Å². The number of halogens is 1. The number of allylic oxidation sites excluding steroid dienone is 2. The third-order valence-electron chi connectivity index (χ3n) is 5.16. The summed E-state index contributed by atoms with van der Waals surface area (Å²) in [5.74, 6) is 2.21. The first-order valence-electron chi connectivity index (χ1n) is 9.39. The lowest BCUT2D eigenvalue weighted by molar-refractivity contribution is -0.116. The number of hydrogen-bond donors (Lipinski definition) is 1. The van der Waals surface area contributed by atoms with Crippen LogP contribution in [-0.4, -0.2) is 20.7 Å². The van der Waals surface area contributed by atoms with Crippen molar-refractivity contribution in [3.8, 4) is 11.4 Å². The van der Waals surface area contributed by atoms with Crippen molar-refractivity contribution in [2.45, 2.75) is 51.5 Å². The van der Waals surface area contributed by atoms with Gasteiger partial charge in [-0.15, -0.1) is 10.2 Å². The highest BCUT2D eigenvalue weighted by Crippen LogP contribution is 2.31. The predicted molar refractivity (Wildman–Crippen MR) is 103 cm³/mol. The Morgan fingerprint density at radius 3 is 3.04 bits per heavy atom. The second-order valence-corrected chi connectivity index (χ2v) is 7.52. The summed E-state index contributed by atoms with van der Waals surface area (Å²) in [6.45, 7) is 0.915. The lowest BCUT2D eigenvalue weighted by atomic mass is 10.0. The molecule has 0 saturated heterocycles. The number of amides is 1. The number of nitrogens with one attached hydrogen (secondary N) is 1. The van der Waals surface area contributed by atoms with E-state index in [9.17, 15) is 4.79 Å². The van der Waals surface area contributed by atoms with Crippen LogP contribution in [0.2, 0.25) is 5.02 Å². The second kappa shape index (κ2) is 7.62. The predicted octanol–water partition coefficient (Wildman–Crippen LogP) is 4.62. The molecule has 2 aromatic rings. The Hall–Kier alpha value is -2.14. The molecule has 4 rings (SSSR count). The second-order valence-electron chi connectivity index (χ2n) is 7.11. The van der Waals surface area contributed by atoms with Crippen LogP contribution in [0.3, 0.4) is 0 Å². The van der Waals surface area contributed by atoms with Crippen LogP contribution in [0.5, 0.6) is 0 Å². The van der Waals surface area contributed by atoms with E-state index < -0.39 is 0 Å². The molecule has 1 aromatic carbocycles. The van der Waals surface area contributed by atoms with E-state index in [0.29, 0.717) is 17.4 Å². The molecule has 0 spiro atoms. The van der Waals surface area contributed by atoms with Gasteiger partial charge >= 0.3 is 0 Å². The molecular weight excluding hydrogens is 348 g/mol. The first kappa shape index (κ1) is 17.3. The average molecular weight is 371 g/mol. The minimum atomic E-state index is 0.0369. The van der Waals surface area contributed by atoms with Crippen molar-refractivity contribution in [2.24, 2.45) is 5.92 Å². The fourth-order valence-corrected chi connectivity index (χ4v) is 3.98. The van der Waals surface area contributed by atoms with Gasteiger partial charge in [0.2, 0.25) is 5.91 Å². The van der Waals surface area contributed by atoms with Crippen LogP contribution in [0.15, 0.2) is 30.4 Å². The highest BCUT2D eigenvalue weighted by Gasteiger charge is 2.19. The van der Waals surface area contributed by atoms with Crippen LogP contribution in [0.1, 0.15) is 44.3 Å². The monoisotopic (exact) mass is 370 g/mol. The van der Waals surface area contributed by atoms with Crippen molar-refractivity contribution in [1.82, 2.24) is 14.8 Å². The fourth-order valence-electron chi connectivity index (χ4n) is 3.77. The zero-order valence-corrected chi connectivity index (χ0v) is 15.5. The number of aromatic nitrogens is 3. The van der Waals surface area contributed by atoms with E-state index in [1.165, 1.54) is 6.42 Å². The highest BCUT2D eigenvalue weighted by atomic mass is 35.5. The molecule has 1 aliphatic heterocycles. The molecular formula is C20H23ClN4O. The molecule has 0 radical (unpaired) electrons. The topological polar surface area (TPSA) is 59.8 Å². The average Bonchev–Trinajstić information content (AvgIpc) is 3.21. The minimum Gasteiger partial charge on any atom is -0.326 e. The summed E-state index contributed by atoms with van der Waals surface area (Å²) in [4.78, 5) is 12.3. The van der Waals surface area contributed by atoms with Crippen LogP contribution < -0.4 is 5.32 Å². The van der Waals surface area contributed by atoms with E-state index in [1.54, 1.807) is 0 Å². The van der Waals surface area contributed by atoms with Gasteiger partial charge < -0.3 is 9.88 Å². The first-order chi connectivity index (χ1) is 12.7. The van der Waals surface area contributed by atoms with Gasteiger partial charge in [0.25, 0.3) is 0 Å². The minimum absolute atomic E-state index is 0.0369. The van der Waals surface area contributed by atoms with Gasteiger partial charge in [0, 0.05) is 30.6 Å². The molecule has 1 N–H and O–H groups in total. The summed E-state index contributed by atoms with van der Waals surface area (Å²) in [6, 6.07) is 5.57. The molecule has 1 unspecified atom stereocenters. The smallest absolute Gasteiger partial charge is 0.224 e. The van der Waals surface area contributed by atoms with Gasteiger partial charge in [-0.05, 0) is 49.8 Å². The quantitative estimate of drug-likeness (QED) is 0.799. The molecule has 6 heteroatoms. The maximum Gasteiger partial charge on any atom is 0.224 e. The molecule has 2 aliphatic rings. The number of nitrogens with zero attached hydrogens (tertiary/aromatic N) is 3. The van der Waals surface area contributed by atoms with E-state index in [-0.39, 0.29) is 5.91 Å². The molecule has 136 valence electrons. The van der Waals surface area contributed by atoms with Crippen molar-refractivity contribution >= 4 is 23.2 Å². The lowest BCUT2D eigenvalue weighted by Gasteiger charge is -2.12. The number of hydrogen-bond acceptors (Lipinski definition) is 3. The molecule has 5 nitrogen and oxygen atoms in total. The Bertz CT molecular complexity index is 842. The number of anilines is 1. The number of fused-ring (bicyclic) bond motifs is 1. The number of carbonyl (C=O) groups excluding carboxylic acids is 1. The Balaban J connectivity index is 1.56. The van der Waals surface area contributed by atoms with Gasteiger partial charge in [-0.1, -0.05) is 30.2 Å². The normalized spacial score (nSPS) is 19.2. The zero-order chi connectivity index (χ0) is 17.9. The Morgan fingerprint density at radius 2 is 2.19 bits per heavy atom. The molecule has 0 saturated carbocycles. The molecule has 1 atom stereocenters. The largest absolute Gasteiger partial charge is 0.326 e. The standard InChI is InChI=1S/C20H23ClN4O/c21-17-10-9-15(22-19(26)12-14-6-3-4-7-14)13-16(17)20-24-23-18-8-2-1-5-11-25(18)20/h3,6,9-10,13-14H,1-2,4-5,7-8,11-12H2,(H,22,26). The maximum atomic E-state index is 12.3. The SMILES string of the molecule is O=C(CC1C=CCC1)Nc1ccc(Cl)c(-c2nnc3n2CCCCC3)c1. The van der Waals surface area contributed by atoms with Crippen molar-refractivity contribution in [3.63, 3.8) is 0 Å². The number of aryl methyl sites for hydroxylation is 1. The van der Waals surface area contributed by atoms with Crippen LogP contribution in [-0.2, 0) is 17.8 Å². The molecule has 0 fully saturated rings. The third-order valence-corrected chi connectivity index (χ3v) is 5.49. The van der Waals surface area contributed by atoms with E-state index in [1.807, 2.05) is 18.2 Å². The number of rotatable bonds is 4. The highest BCUT2D eigenvalue weighted by molar-refractivity contribution is 6.33. The summed E-state index contributed by atoms with van der Waals surface area (Å²) in [5.41, 5.74) is 1.58. The Morgan fingerprint density at radius 1 is 1.27 bits per heavy atom. The number of benzene rings is 1. The van der Waals surface area contributed by atoms with Crippen LogP contribution >= 0.6 is 11.6 Å². The lowest BCUT2D eigenvalue weighted by Crippen LogP contribution is -2.14. The van der Waals surface area contributed by atoms with Gasteiger partial charge in [0.1, 0.15) is 5.82 Å². The van der Waals surface area contributed by atoms with Crippen molar-refractivity contribution < 1.29 is 4.79 Å².